The molecule has 0 unspecified atom stereocenters. The van der Waals surface area contributed by atoms with Crippen LogP contribution in [0.1, 0.15) is 26.3 Å². The minimum Gasteiger partial charge on any atom is -0.392 e. The number of hydrogen-bond acceptors (Lipinski definition) is 4. The third-order valence-corrected chi connectivity index (χ3v) is 5.84. The van der Waals surface area contributed by atoms with Crippen LogP contribution in [0.25, 0.3) is 0 Å². The second-order valence-electron chi connectivity index (χ2n) is 6.36. The maximum atomic E-state index is 12.6. The third-order valence-electron chi connectivity index (χ3n) is 3.93. The van der Waals surface area contributed by atoms with Crippen molar-refractivity contribution in [3.8, 4) is 0 Å². The monoisotopic (exact) mass is 312 g/mol. The molecule has 21 heavy (non-hydrogen) atoms. The van der Waals surface area contributed by atoms with Crippen molar-refractivity contribution in [1.82, 2.24) is 9.21 Å². The number of nitrogens with zero attached hydrogens (tertiary/aromatic N) is 2. The zero-order valence-corrected chi connectivity index (χ0v) is 13.7. The second-order valence-corrected chi connectivity index (χ2v) is 8.30. The summed E-state index contributed by atoms with van der Waals surface area (Å²) in [5.74, 6) is 0. The van der Waals surface area contributed by atoms with Gasteiger partial charge in [-0.3, -0.25) is 4.90 Å². The molecule has 2 rings (SSSR count). The first kappa shape index (κ1) is 16.4. The molecule has 0 atom stereocenters. The molecule has 1 aliphatic heterocycles. The van der Waals surface area contributed by atoms with Crippen LogP contribution < -0.4 is 0 Å². The highest BCUT2D eigenvalue weighted by atomic mass is 32.2. The van der Waals surface area contributed by atoms with Gasteiger partial charge in [0, 0.05) is 31.7 Å². The van der Waals surface area contributed by atoms with E-state index in [-0.39, 0.29) is 12.1 Å². The number of sulfonamides is 1. The van der Waals surface area contributed by atoms with E-state index in [0.717, 1.165) is 13.1 Å². The maximum Gasteiger partial charge on any atom is 0.243 e. The molecular weight excluding hydrogens is 288 g/mol. The van der Waals surface area contributed by atoms with E-state index in [9.17, 15) is 8.42 Å². The molecule has 118 valence electrons. The highest BCUT2D eigenvalue weighted by Crippen LogP contribution is 2.21. The van der Waals surface area contributed by atoms with Gasteiger partial charge in [0.15, 0.2) is 0 Å². The fourth-order valence-corrected chi connectivity index (χ4v) is 3.94. The molecule has 1 aromatic rings. The predicted molar refractivity (Wildman–Crippen MR) is 82.4 cm³/mol. The SMILES string of the molecule is CC(C)(C)N1CCN(S(=O)(=O)c2ccc(CO)cc2)CC1. The highest BCUT2D eigenvalue weighted by Gasteiger charge is 2.31. The molecule has 0 spiro atoms. The molecule has 0 saturated carbocycles. The van der Waals surface area contributed by atoms with Crippen molar-refractivity contribution in [2.24, 2.45) is 0 Å². The molecule has 0 amide bonds. The Balaban J connectivity index is 2.11. The van der Waals surface area contributed by atoms with Gasteiger partial charge in [-0.2, -0.15) is 4.31 Å². The predicted octanol–water partition coefficient (Wildman–Crippen LogP) is 1.28. The molecule has 1 N–H and O–H groups in total. The largest absolute Gasteiger partial charge is 0.392 e. The summed E-state index contributed by atoms with van der Waals surface area (Å²) in [7, 11) is -3.43. The molecule has 0 aromatic heterocycles. The van der Waals surface area contributed by atoms with Crippen molar-refractivity contribution >= 4 is 10.0 Å². The normalized spacial score (nSPS) is 18.9. The van der Waals surface area contributed by atoms with E-state index in [4.69, 9.17) is 5.11 Å². The van der Waals surface area contributed by atoms with E-state index in [1.807, 2.05) is 0 Å². The van der Waals surface area contributed by atoms with Crippen molar-refractivity contribution in [3.63, 3.8) is 0 Å². The Morgan fingerprint density at radius 3 is 2.00 bits per heavy atom. The number of piperazine rings is 1. The van der Waals surface area contributed by atoms with Crippen LogP contribution in [0.5, 0.6) is 0 Å². The summed E-state index contributed by atoms with van der Waals surface area (Å²) in [5, 5.41) is 9.02. The quantitative estimate of drug-likeness (QED) is 0.913. The van der Waals surface area contributed by atoms with Crippen molar-refractivity contribution in [3.05, 3.63) is 29.8 Å². The molecule has 0 radical (unpaired) electrons. The molecule has 1 aliphatic rings. The lowest BCUT2D eigenvalue weighted by Crippen LogP contribution is -2.54. The molecule has 1 fully saturated rings. The van der Waals surface area contributed by atoms with Gasteiger partial charge in [-0.15, -0.1) is 0 Å². The van der Waals surface area contributed by atoms with E-state index < -0.39 is 10.0 Å². The topological polar surface area (TPSA) is 60.9 Å². The lowest BCUT2D eigenvalue weighted by atomic mass is 10.1. The van der Waals surface area contributed by atoms with Gasteiger partial charge in [0.05, 0.1) is 11.5 Å². The summed E-state index contributed by atoms with van der Waals surface area (Å²) in [4.78, 5) is 2.59. The average Bonchev–Trinajstić information content (AvgIpc) is 2.46. The van der Waals surface area contributed by atoms with Crippen LogP contribution >= 0.6 is 0 Å². The molecule has 1 heterocycles. The molecule has 5 nitrogen and oxygen atoms in total. The highest BCUT2D eigenvalue weighted by molar-refractivity contribution is 7.89. The second kappa shape index (κ2) is 6.04. The number of rotatable bonds is 3. The van der Waals surface area contributed by atoms with Crippen molar-refractivity contribution < 1.29 is 13.5 Å². The van der Waals surface area contributed by atoms with Crippen LogP contribution in [0.4, 0.5) is 0 Å². The van der Waals surface area contributed by atoms with Gasteiger partial charge in [-0.05, 0) is 38.5 Å². The minimum atomic E-state index is -3.43. The van der Waals surface area contributed by atoms with Crippen molar-refractivity contribution in [1.29, 1.82) is 0 Å². The van der Waals surface area contributed by atoms with Crippen LogP contribution in [0.15, 0.2) is 29.2 Å². The molecule has 1 saturated heterocycles. The van der Waals surface area contributed by atoms with Crippen LogP contribution in [0.3, 0.4) is 0 Å². The zero-order chi connectivity index (χ0) is 15.7. The molecule has 1 aromatic carbocycles. The Labute approximate surface area is 127 Å². The first-order valence-corrected chi connectivity index (χ1v) is 8.64. The summed E-state index contributed by atoms with van der Waals surface area (Å²) in [5.41, 5.74) is 0.782. The van der Waals surface area contributed by atoms with Gasteiger partial charge < -0.3 is 5.11 Å². The Hall–Kier alpha value is -0.950. The number of aliphatic hydroxyl groups excluding tert-OH is 1. The lowest BCUT2D eigenvalue weighted by Gasteiger charge is -2.41. The van der Waals surface area contributed by atoms with Crippen LogP contribution in [-0.4, -0.2) is 54.4 Å². The summed E-state index contributed by atoms with van der Waals surface area (Å²) in [6.07, 6.45) is 0. The molecular formula is C15H24N2O3S. The van der Waals surface area contributed by atoms with E-state index in [0.29, 0.717) is 23.5 Å². The fourth-order valence-electron chi connectivity index (χ4n) is 2.52. The van der Waals surface area contributed by atoms with E-state index in [1.165, 1.54) is 0 Å². The van der Waals surface area contributed by atoms with Crippen LogP contribution in [-0.2, 0) is 16.6 Å². The number of aliphatic hydroxyl groups is 1. The smallest absolute Gasteiger partial charge is 0.243 e. The van der Waals surface area contributed by atoms with Crippen molar-refractivity contribution in [2.45, 2.75) is 37.8 Å². The Kier molecular flexibility index (Phi) is 4.72. The zero-order valence-electron chi connectivity index (χ0n) is 12.9. The Bertz CT molecular complexity index is 568. The van der Waals surface area contributed by atoms with E-state index in [1.54, 1.807) is 28.6 Å². The van der Waals surface area contributed by atoms with Gasteiger partial charge in [-0.1, -0.05) is 12.1 Å². The summed E-state index contributed by atoms with van der Waals surface area (Å²) in [6, 6.07) is 6.44. The van der Waals surface area contributed by atoms with Gasteiger partial charge in [0.1, 0.15) is 0 Å². The van der Waals surface area contributed by atoms with Gasteiger partial charge in [0.25, 0.3) is 0 Å². The van der Waals surface area contributed by atoms with Crippen LogP contribution in [0, 0.1) is 0 Å². The Morgan fingerprint density at radius 1 is 1.05 bits per heavy atom. The fraction of sp³-hybridized carbons (Fsp3) is 0.600. The average molecular weight is 312 g/mol. The van der Waals surface area contributed by atoms with E-state index >= 15 is 0 Å². The maximum absolute atomic E-state index is 12.6. The van der Waals surface area contributed by atoms with Gasteiger partial charge in [0.2, 0.25) is 10.0 Å². The number of benzene rings is 1. The minimum absolute atomic E-state index is 0.0681. The first-order chi connectivity index (χ1) is 9.75. The molecule has 0 aliphatic carbocycles. The van der Waals surface area contributed by atoms with Gasteiger partial charge in [-0.25, -0.2) is 8.42 Å². The first-order valence-electron chi connectivity index (χ1n) is 7.20. The summed E-state index contributed by atoms with van der Waals surface area (Å²) < 4.78 is 26.7. The molecule has 0 bridgehead atoms. The standard InChI is InChI=1S/C15H24N2O3S/c1-15(2,3)16-8-10-17(11-9-16)21(19,20)14-6-4-13(12-18)5-7-14/h4-7,18H,8-12H2,1-3H3. The van der Waals surface area contributed by atoms with Crippen LogP contribution in [0.2, 0.25) is 0 Å². The van der Waals surface area contributed by atoms with E-state index in [2.05, 4.69) is 25.7 Å². The summed E-state index contributed by atoms with van der Waals surface area (Å²) in [6.45, 7) is 8.88. The number of hydrogen-bond donors (Lipinski definition) is 1. The third kappa shape index (κ3) is 3.63. The lowest BCUT2D eigenvalue weighted by molar-refractivity contribution is 0.0922. The molecule has 6 heteroatoms. The van der Waals surface area contributed by atoms with Crippen molar-refractivity contribution in [2.75, 3.05) is 26.2 Å². The van der Waals surface area contributed by atoms with Gasteiger partial charge >= 0.3 is 0 Å². The Morgan fingerprint density at radius 2 is 1.57 bits per heavy atom. The summed E-state index contributed by atoms with van der Waals surface area (Å²) >= 11 is 0.